The largest absolute Gasteiger partial charge is 0.444 e. The van der Waals surface area contributed by atoms with Crippen molar-refractivity contribution in [2.45, 2.75) is 58.7 Å². The highest BCUT2D eigenvalue weighted by Gasteiger charge is 2.39. The lowest BCUT2D eigenvalue weighted by molar-refractivity contribution is 0.0138. The summed E-state index contributed by atoms with van der Waals surface area (Å²) in [5, 5.41) is 4.03. The number of sulfonamides is 1. The van der Waals surface area contributed by atoms with Gasteiger partial charge in [0, 0.05) is 19.0 Å². The van der Waals surface area contributed by atoms with Gasteiger partial charge in [-0.15, -0.1) is 0 Å². The Morgan fingerprint density at radius 1 is 1.38 bits per heavy atom. The van der Waals surface area contributed by atoms with E-state index in [1.165, 1.54) is 4.31 Å². The molecule has 1 amide bonds. The van der Waals surface area contributed by atoms with Crippen molar-refractivity contribution in [2.24, 2.45) is 0 Å². The maximum atomic E-state index is 12.4. The highest BCUT2D eigenvalue weighted by atomic mass is 32.2. The molecular formula is C15H23N3O5S. The van der Waals surface area contributed by atoms with Crippen LogP contribution in [0.15, 0.2) is 4.52 Å². The fourth-order valence-electron chi connectivity index (χ4n) is 3.00. The van der Waals surface area contributed by atoms with E-state index in [2.05, 4.69) is 5.16 Å². The second-order valence-corrected chi connectivity index (χ2v) is 9.33. The molecule has 0 aliphatic carbocycles. The number of carbonyl (C=O) groups is 1. The second-order valence-electron chi connectivity index (χ2n) is 7.32. The standard InChI is InChI=1S/C15H23N3O5S/c1-10-8-12-11(9-17(10)14(19)22-15(2,3)4)13(23-16-12)18-6-5-7-24(18,20)21/h10H,5-9H2,1-4H3/t10-/m0/s1. The number of amides is 1. The topological polar surface area (TPSA) is 93.0 Å². The van der Waals surface area contributed by atoms with Crippen LogP contribution < -0.4 is 4.31 Å². The van der Waals surface area contributed by atoms with Gasteiger partial charge in [0.2, 0.25) is 15.9 Å². The van der Waals surface area contributed by atoms with Crippen LogP contribution in [-0.2, 0) is 27.7 Å². The predicted octanol–water partition coefficient (Wildman–Crippen LogP) is 1.90. The van der Waals surface area contributed by atoms with Gasteiger partial charge < -0.3 is 14.2 Å². The van der Waals surface area contributed by atoms with Crippen LogP contribution in [0.3, 0.4) is 0 Å². The van der Waals surface area contributed by atoms with Gasteiger partial charge in [-0.3, -0.25) is 0 Å². The molecule has 134 valence electrons. The van der Waals surface area contributed by atoms with Gasteiger partial charge >= 0.3 is 6.09 Å². The first kappa shape index (κ1) is 17.1. The zero-order valence-electron chi connectivity index (χ0n) is 14.4. The zero-order valence-corrected chi connectivity index (χ0v) is 15.2. The number of anilines is 1. The lowest BCUT2D eigenvalue weighted by Crippen LogP contribution is -2.45. The summed E-state index contributed by atoms with van der Waals surface area (Å²) in [4.78, 5) is 14.0. The van der Waals surface area contributed by atoms with E-state index in [0.717, 1.165) is 0 Å². The van der Waals surface area contributed by atoms with Crippen molar-refractivity contribution in [1.29, 1.82) is 0 Å². The molecule has 9 heteroatoms. The summed E-state index contributed by atoms with van der Waals surface area (Å²) in [5.74, 6) is 0.345. The minimum absolute atomic E-state index is 0.0968. The third-order valence-electron chi connectivity index (χ3n) is 4.15. The van der Waals surface area contributed by atoms with Crippen molar-refractivity contribution in [3.8, 4) is 0 Å². The molecule has 8 nitrogen and oxygen atoms in total. The number of hydrogen-bond acceptors (Lipinski definition) is 6. The molecule has 3 rings (SSSR count). The second kappa shape index (κ2) is 5.65. The molecule has 2 aliphatic rings. The quantitative estimate of drug-likeness (QED) is 0.762. The predicted molar refractivity (Wildman–Crippen MR) is 87.2 cm³/mol. The van der Waals surface area contributed by atoms with Gasteiger partial charge in [0.25, 0.3) is 0 Å². The lowest BCUT2D eigenvalue weighted by Gasteiger charge is -2.34. The Kier molecular flexibility index (Phi) is 4.01. The van der Waals surface area contributed by atoms with Crippen molar-refractivity contribution in [3.63, 3.8) is 0 Å². The van der Waals surface area contributed by atoms with Crippen LogP contribution in [-0.4, -0.2) is 48.5 Å². The van der Waals surface area contributed by atoms with Gasteiger partial charge in [0.1, 0.15) is 5.60 Å². The molecule has 1 fully saturated rings. The van der Waals surface area contributed by atoms with Crippen LogP contribution >= 0.6 is 0 Å². The van der Waals surface area contributed by atoms with E-state index in [4.69, 9.17) is 9.26 Å². The molecule has 0 saturated carbocycles. The van der Waals surface area contributed by atoms with Crippen LogP contribution in [0.1, 0.15) is 45.4 Å². The number of rotatable bonds is 1. The third-order valence-corrected chi connectivity index (χ3v) is 5.98. The van der Waals surface area contributed by atoms with Crippen LogP contribution in [0.2, 0.25) is 0 Å². The Hall–Kier alpha value is -1.77. The average Bonchev–Trinajstić information content (AvgIpc) is 2.97. The van der Waals surface area contributed by atoms with Gasteiger partial charge in [-0.05, 0) is 34.1 Å². The summed E-state index contributed by atoms with van der Waals surface area (Å²) in [5.41, 5.74) is 0.774. The Balaban J connectivity index is 1.88. The Morgan fingerprint density at radius 2 is 2.08 bits per heavy atom. The molecule has 2 aliphatic heterocycles. The van der Waals surface area contributed by atoms with E-state index in [-0.39, 0.29) is 24.2 Å². The number of ether oxygens (including phenoxy) is 1. The van der Waals surface area contributed by atoms with E-state index in [0.29, 0.717) is 30.6 Å². The minimum atomic E-state index is -3.36. The summed E-state index contributed by atoms with van der Waals surface area (Å²) >= 11 is 0. The molecule has 0 bridgehead atoms. The van der Waals surface area contributed by atoms with Gasteiger partial charge in [-0.25, -0.2) is 17.5 Å². The molecular weight excluding hydrogens is 334 g/mol. The highest BCUT2D eigenvalue weighted by molar-refractivity contribution is 7.93. The maximum Gasteiger partial charge on any atom is 0.410 e. The summed E-state index contributed by atoms with van der Waals surface area (Å²) in [6, 6.07) is -0.0968. The van der Waals surface area contributed by atoms with Crippen LogP contribution in [0.25, 0.3) is 0 Å². The molecule has 0 N–H and O–H groups in total. The summed E-state index contributed by atoms with van der Waals surface area (Å²) in [6.07, 6.45) is 0.646. The molecule has 1 atom stereocenters. The smallest absolute Gasteiger partial charge is 0.410 e. The Labute approximate surface area is 141 Å². The molecule has 1 aromatic rings. The lowest BCUT2D eigenvalue weighted by atomic mass is 10.0. The first-order valence-corrected chi connectivity index (χ1v) is 9.67. The molecule has 0 radical (unpaired) electrons. The third kappa shape index (κ3) is 3.09. The fourth-order valence-corrected chi connectivity index (χ4v) is 4.51. The molecule has 1 saturated heterocycles. The van der Waals surface area contributed by atoms with Crippen LogP contribution in [0, 0.1) is 0 Å². The van der Waals surface area contributed by atoms with Crippen LogP contribution in [0.4, 0.5) is 10.7 Å². The van der Waals surface area contributed by atoms with Crippen molar-refractivity contribution in [3.05, 3.63) is 11.3 Å². The first-order valence-electron chi connectivity index (χ1n) is 8.06. The van der Waals surface area contributed by atoms with Crippen molar-refractivity contribution in [2.75, 3.05) is 16.6 Å². The fraction of sp³-hybridized carbons (Fsp3) is 0.733. The van der Waals surface area contributed by atoms with E-state index in [1.807, 2.05) is 27.7 Å². The summed E-state index contributed by atoms with van der Waals surface area (Å²) in [7, 11) is -3.36. The van der Waals surface area contributed by atoms with Gasteiger partial charge in [0.05, 0.1) is 23.6 Å². The maximum absolute atomic E-state index is 12.4. The summed E-state index contributed by atoms with van der Waals surface area (Å²) in [6.45, 7) is 7.96. The van der Waals surface area contributed by atoms with Crippen molar-refractivity contribution in [1.82, 2.24) is 10.1 Å². The molecule has 0 aromatic carbocycles. The van der Waals surface area contributed by atoms with E-state index in [1.54, 1.807) is 4.90 Å². The molecule has 24 heavy (non-hydrogen) atoms. The number of fused-ring (bicyclic) bond motifs is 1. The number of aromatic nitrogens is 1. The number of carbonyl (C=O) groups excluding carboxylic acids is 1. The Morgan fingerprint density at radius 3 is 2.67 bits per heavy atom. The monoisotopic (exact) mass is 357 g/mol. The molecule has 0 unspecified atom stereocenters. The first-order chi connectivity index (χ1) is 11.1. The van der Waals surface area contributed by atoms with Crippen LogP contribution in [0.5, 0.6) is 0 Å². The van der Waals surface area contributed by atoms with Gasteiger partial charge in [-0.1, -0.05) is 5.16 Å². The average molecular weight is 357 g/mol. The summed E-state index contributed by atoms with van der Waals surface area (Å²) < 4.78 is 36.3. The molecule has 0 spiro atoms. The van der Waals surface area contributed by atoms with Crippen molar-refractivity contribution >= 4 is 22.0 Å². The Bertz CT molecular complexity index is 750. The molecule has 1 aromatic heterocycles. The SMILES string of the molecule is C[C@H]1Cc2noc(N3CCCS3(=O)=O)c2CN1C(=O)OC(C)(C)C. The van der Waals surface area contributed by atoms with Crippen molar-refractivity contribution < 1.29 is 22.5 Å². The van der Waals surface area contributed by atoms with E-state index >= 15 is 0 Å². The van der Waals surface area contributed by atoms with Gasteiger partial charge in [-0.2, -0.15) is 0 Å². The zero-order chi connectivity index (χ0) is 17.7. The van der Waals surface area contributed by atoms with E-state index in [9.17, 15) is 13.2 Å². The number of hydrogen-bond donors (Lipinski definition) is 0. The number of nitrogens with zero attached hydrogens (tertiary/aromatic N) is 3. The van der Waals surface area contributed by atoms with Gasteiger partial charge in [0.15, 0.2) is 0 Å². The normalized spacial score (nSPS) is 23.2. The highest BCUT2D eigenvalue weighted by Crippen LogP contribution is 2.35. The minimum Gasteiger partial charge on any atom is -0.444 e. The molecule has 3 heterocycles. The van der Waals surface area contributed by atoms with E-state index < -0.39 is 21.7 Å².